The van der Waals surface area contributed by atoms with Gasteiger partial charge in [0.05, 0.1) is 0 Å². The number of rotatable bonds is 5. The minimum atomic E-state index is -6.64. The standard InChI is InChI=1S/C22H16F9.C20H12F9.C2H6Si.2ClH.Zr/c1-12(2)15-10-14-4-3-5-17(18(14)11-15)13-6-8-16(9-7-13)19(20(23,24)25,21(26,27)28)22(29,30)31;1-11-9-13-3-2-4-15(16(13)10-11)12-5-7-14(8-6-12)17(18(21,22)23,19(24,25)26)20(27,28)29;1-3-2;;;/h3-12H,1-2H3;2-10H,1H3;1-2H3;2*1H;/q2*-1;;;;+4/p-2. The van der Waals surface area contributed by atoms with E-state index in [-0.39, 0.29) is 41.3 Å². The third-order valence-electron chi connectivity index (χ3n) is 10.1. The van der Waals surface area contributed by atoms with Gasteiger partial charge >= 0.3 is 74.9 Å². The van der Waals surface area contributed by atoms with Gasteiger partial charge in [-0.05, 0) is 28.2 Å². The molecule has 0 nitrogen and oxygen atoms in total. The number of aryl methyl sites for hydroxylation is 1. The fourth-order valence-electron chi connectivity index (χ4n) is 7.23. The molecule has 0 aromatic heterocycles. The van der Waals surface area contributed by atoms with Gasteiger partial charge in [-0.25, -0.2) is 0 Å². The van der Waals surface area contributed by atoms with Crippen LogP contribution >= 0.6 is 17.0 Å². The molecular weight excluding hydrogens is 1060 g/mol. The Morgan fingerprint density at radius 1 is 0.470 bits per heavy atom. The minimum absolute atomic E-state index is 0.175. The monoisotopic (exact) mass is 1090 g/mol. The van der Waals surface area contributed by atoms with E-state index in [0.29, 0.717) is 21.9 Å². The van der Waals surface area contributed by atoms with Gasteiger partial charge in [0.15, 0.2) is 0 Å². The van der Waals surface area contributed by atoms with Crippen molar-refractivity contribution in [2.24, 2.45) is 0 Å². The SMILES string of the molecule is CC(C)c1cc2c(-c3ccc(C(C(F)(F)F)(C(F)(F)F)C(F)(F)F)cc3)cccc2[cH-]1.C[Si]C.Cc1cc2c(-c3ccc(C(C(F)(F)F)(C(F)(F)F)C(F)(F)F)cc3)cccc2[cH-]1.[Cl][Zr+2][Cl]. The Balaban J connectivity index is 0.000000314. The molecule has 0 atom stereocenters. The van der Waals surface area contributed by atoms with Crippen LogP contribution in [0.3, 0.4) is 0 Å². The summed E-state index contributed by atoms with van der Waals surface area (Å²) < 4.78 is 239. The van der Waals surface area contributed by atoms with E-state index in [4.69, 9.17) is 17.0 Å². The Hall–Kier alpha value is -3.48. The summed E-state index contributed by atoms with van der Waals surface area (Å²) in [6.07, 6.45) is -39.8. The van der Waals surface area contributed by atoms with Gasteiger partial charge in [-0.3, -0.25) is 0 Å². The Labute approximate surface area is 387 Å². The molecule has 0 N–H and O–H groups in total. The molecular formula is C44H34Cl2F18SiZr. The average Bonchev–Trinajstić information content (AvgIpc) is 3.77. The van der Waals surface area contributed by atoms with Crippen molar-refractivity contribution in [1.82, 2.24) is 0 Å². The Kier molecular flexibility index (Phi) is 18.1. The molecule has 6 aromatic carbocycles. The fraction of sp³-hybridized carbons (Fsp3) is 0.318. The van der Waals surface area contributed by atoms with Crippen LogP contribution in [0.5, 0.6) is 0 Å². The Morgan fingerprint density at radius 3 is 1.05 bits per heavy atom. The summed E-state index contributed by atoms with van der Waals surface area (Å²) >= 11 is -0.826. The number of benzene rings is 4. The van der Waals surface area contributed by atoms with Crippen LogP contribution in [0.2, 0.25) is 13.1 Å². The first-order valence-electron chi connectivity index (χ1n) is 18.7. The van der Waals surface area contributed by atoms with Gasteiger partial charge in [0.1, 0.15) is 0 Å². The summed E-state index contributed by atoms with van der Waals surface area (Å²) in [6, 6.07) is 21.7. The van der Waals surface area contributed by atoms with E-state index >= 15 is 0 Å². The first-order chi connectivity index (χ1) is 30.1. The van der Waals surface area contributed by atoms with Gasteiger partial charge in [-0.15, -0.1) is 69.1 Å². The summed E-state index contributed by atoms with van der Waals surface area (Å²) in [7, 11) is 11.0. The summed E-state index contributed by atoms with van der Waals surface area (Å²) in [6.45, 7) is 10.0. The van der Waals surface area contributed by atoms with Gasteiger partial charge in [0, 0.05) is 9.52 Å². The molecule has 0 unspecified atom stereocenters. The maximum atomic E-state index is 13.3. The van der Waals surface area contributed by atoms with Crippen molar-refractivity contribution in [3.8, 4) is 22.3 Å². The van der Waals surface area contributed by atoms with Gasteiger partial charge in [-0.2, -0.15) is 91.2 Å². The second-order valence-electron chi connectivity index (χ2n) is 14.8. The third-order valence-corrected chi connectivity index (χ3v) is 10.1. The van der Waals surface area contributed by atoms with Crippen LogP contribution in [-0.4, -0.2) is 46.6 Å². The summed E-state index contributed by atoms with van der Waals surface area (Å²) in [5.74, 6) is 0.175. The summed E-state index contributed by atoms with van der Waals surface area (Å²) in [5, 5.41) is 2.99. The van der Waals surface area contributed by atoms with Gasteiger partial charge in [0.2, 0.25) is 0 Å². The molecule has 358 valence electrons. The molecule has 0 aliphatic carbocycles. The number of alkyl halides is 18. The fourth-order valence-corrected chi connectivity index (χ4v) is 7.23. The molecule has 0 heterocycles. The molecule has 6 aromatic rings. The van der Waals surface area contributed by atoms with Crippen LogP contribution in [0.15, 0.2) is 109 Å². The first-order valence-corrected chi connectivity index (χ1v) is 27.0. The van der Waals surface area contributed by atoms with Crippen LogP contribution in [0.25, 0.3) is 43.8 Å². The van der Waals surface area contributed by atoms with Crippen molar-refractivity contribution in [1.29, 1.82) is 0 Å². The van der Waals surface area contributed by atoms with E-state index in [0.717, 1.165) is 55.7 Å². The molecule has 0 amide bonds. The zero-order valence-electron chi connectivity index (χ0n) is 34.5. The molecule has 0 fully saturated rings. The molecule has 66 heavy (non-hydrogen) atoms. The van der Waals surface area contributed by atoms with E-state index in [1.165, 1.54) is 0 Å². The van der Waals surface area contributed by atoms with Crippen molar-refractivity contribution in [2.45, 2.75) is 87.7 Å². The molecule has 0 aliphatic heterocycles. The zero-order chi connectivity index (χ0) is 50.6. The zero-order valence-corrected chi connectivity index (χ0v) is 39.5. The van der Waals surface area contributed by atoms with Crippen molar-refractivity contribution < 1.29 is 99.9 Å². The van der Waals surface area contributed by atoms with E-state index in [2.05, 4.69) is 13.1 Å². The molecule has 0 bridgehead atoms. The number of hydrogen-bond acceptors (Lipinski definition) is 0. The molecule has 0 saturated carbocycles. The third kappa shape index (κ3) is 11.2. The Morgan fingerprint density at radius 2 is 0.758 bits per heavy atom. The molecule has 0 aliphatic rings. The van der Waals surface area contributed by atoms with E-state index in [1.54, 1.807) is 49.4 Å². The van der Waals surface area contributed by atoms with Gasteiger partial charge in [0.25, 0.3) is 10.8 Å². The number of hydrogen-bond donors (Lipinski definition) is 0. The van der Waals surface area contributed by atoms with Crippen molar-refractivity contribution >= 4 is 48.1 Å². The maximum absolute atomic E-state index is 13.3. The number of fused-ring (bicyclic) bond motifs is 2. The molecule has 0 spiro atoms. The summed E-state index contributed by atoms with van der Waals surface area (Å²) in [4.78, 5) is 0. The van der Waals surface area contributed by atoms with Crippen LogP contribution in [-0.2, 0) is 31.7 Å². The van der Waals surface area contributed by atoms with E-state index < -0.39 is 79.9 Å². The molecule has 0 saturated heterocycles. The van der Waals surface area contributed by atoms with Crippen molar-refractivity contribution in [3.05, 3.63) is 131 Å². The topological polar surface area (TPSA) is 0 Å². The summed E-state index contributed by atoms with van der Waals surface area (Å²) in [5.41, 5.74) is -12.6. The van der Waals surface area contributed by atoms with Crippen LogP contribution in [0.1, 0.15) is 42.0 Å². The quantitative estimate of drug-likeness (QED) is 0.0917. The van der Waals surface area contributed by atoms with Crippen LogP contribution in [0, 0.1) is 6.92 Å². The average molecular weight is 1090 g/mol. The molecule has 6 rings (SSSR count). The van der Waals surface area contributed by atoms with Gasteiger partial charge < -0.3 is 0 Å². The van der Waals surface area contributed by atoms with Crippen molar-refractivity contribution in [3.63, 3.8) is 0 Å². The van der Waals surface area contributed by atoms with Crippen LogP contribution < -0.4 is 0 Å². The van der Waals surface area contributed by atoms with Crippen LogP contribution in [0.4, 0.5) is 79.0 Å². The second-order valence-corrected chi connectivity index (χ2v) is 19.5. The van der Waals surface area contributed by atoms with E-state index in [9.17, 15) is 79.0 Å². The van der Waals surface area contributed by atoms with Crippen molar-refractivity contribution in [2.75, 3.05) is 0 Å². The second kappa shape index (κ2) is 21.0. The predicted molar refractivity (Wildman–Crippen MR) is 218 cm³/mol. The normalized spacial score (nSPS) is 13.1. The molecule has 22 heteroatoms. The predicted octanol–water partition coefficient (Wildman–Crippen LogP) is 17.9. The number of halogens is 20. The van der Waals surface area contributed by atoms with E-state index in [1.807, 2.05) is 32.0 Å². The molecule has 2 radical (unpaired) electrons. The van der Waals surface area contributed by atoms with Gasteiger partial charge in [-0.1, -0.05) is 106 Å². The Bertz CT molecular complexity index is 2410. The first kappa shape index (κ1) is 56.8.